The third-order valence-electron chi connectivity index (χ3n) is 8.13. The van der Waals surface area contributed by atoms with Gasteiger partial charge in [0.1, 0.15) is 18.2 Å². The van der Waals surface area contributed by atoms with E-state index in [0.717, 1.165) is 10.4 Å². The summed E-state index contributed by atoms with van der Waals surface area (Å²) in [5, 5.41) is 17.5. The molecule has 0 aliphatic carbocycles. The van der Waals surface area contributed by atoms with Crippen LogP contribution in [-0.2, 0) is 28.7 Å². The molecule has 1 fully saturated rings. The number of rotatable bonds is 3. The van der Waals surface area contributed by atoms with Crippen molar-refractivity contribution >= 4 is 46.6 Å². The Hall–Kier alpha value is -4.36. The molecule has 4 rings (SSSR count). The van der Waals surface area contributed by atoms with Crippen molar-refractivity contribution in [3.63, 3.8) is 0 Å². The Bertz CT molecular complexity index is 1510. The highest BCUT2D eigenvalue weighted by molar-refractivity contribution is 6.07. The van der Waals surface area contributed by atoms with Crippen LogP contribution in [0.4, 0.5) is 0 Å². The molecule has 2 aliphatic rings. The van der Waals surface area contributed by atoms with Gasteiger partial charge in [0, 0.05) is 26.0 Å². The molecule has 242 valence electrons. The fourth-order valence-corrected chi connectivity index (χ4v) is 5.11. The van der Waals surface area contributed by atoms with E-state index in [-0.39, 0.29) is 6.54 Å². The van der Waals surface area contributed by atoms with Gasteiger partial charge in [-0.05, 0) is 50.3 Å². The predicted molar refractivity (Wildman–Crippen MR) is 166 cm³/mol. The van der Waals surface area contributed by atoms with E-state index >= 15 is 0 Å². The Kier molecular flexibility index (Phi) is 10.2. The van der Waals surface area contributed by atoms with Crippen LogP contribution in [0.5, 0.6) is 0 Å². The fourth-order valence-electron chi connectivity index (χ4n) is 5.11. The van der Waals surface area contributed by atoms with E-state index in [0.29, 0.717) is 29.6 Å². The Morgan fingerprint density at radius 2 is 1.87 bits per heavy atom. The van der Waals surface area contributed by atoms with E-state index in [2.05, 4.69) is 16.1 Å². The van der Waals surface area contributed by atoms with Crippen LogP contribution >= 0.6 is 0 Å². The molecule has 5 bridgehead atoms. The van der Waals surface area contributed by atoms with Gasteiger partial charge in [0.15, 0.2) is 6.04 Å². The van der Waals surface area contributed by atoms with Gasteiger partial charge in [0.05, 0.1) is 23.2 Å². The number of likely N-dealkylation sites (N-methyl/N-ethyl adjacent to an activating group) is 1. The number of amides is 4. The first-order valence-electron chi connectivity index (χ1n) is 15.1. The van der Waals surface area contributed by atoms with Gasteiger partial charge in [-0.25, -0.2) is 10.4 Å². The van der Waals surface area contributed by atoms with Crippen LogP contribution in [0.2, 0.25) is 0 Å². The minimum atomic E-state index is -1.63. The summed E-state index contributed by atoms with van der Waals surface area (Å²) in [6, 6.07) is 5.53. The number of nitrogens with one attached hydrogen (secondary N) is 3. The number of hydrogen-bond donors (Lipinski definition) is 4. The quantitative estimate of drug-likeness (QED) is 0.289. The van der Waals surface area contributed by atoms with Crippen LogP contribution in [0.15, 0.2) is 36.4 Å². The third-order valence-corrected chi connectivity index (χ3v) is 8.13. The highest BCUT2D eigenvalue weighted by Crippen LogP contribution is 2.25. The fraction of sp³-hybridized carbons (Fsp3) is 0.500. The van der Waals surface area contributed by atoms with Crippen molar-refractivity contribution in [1.82, 2.24) is 31.0 Å². The first kappa shape index (κ1) is 33.5. The second kappa shape index (κ2) is 13.7. The molecule has 13 heteroatoms. The number of hydrazine groups is 1. The molecule has 4 N–H and O–H groups in total. The van der Waals surface area contributed by atoms with E-state index < -0.39 is 71.8 Å². The number of benzene rings is 1. The largest absolute Gasteiger partial charge is 0.455 e. The number of cyclic esters (lactones) is 1. The number of carbonyl (C=O) groups is 5. The molecular weight excluding hydrogens is 580 g/mol. The lowest BCUT2D eigenvalue weighted by molar-refractivity contribution is -0.158. The summed E-state index contributed by atoms with van der Waals surface area (Å²) in [6.45, 7) is 6.30. The maximum atomic E-state index is 13.7. The molecular formula is C32H42N6O7. The number of ether oxygens (including phenoxy) is 1. The van der Waals surface area contributed by atoms with Crippen LogP contribution in [0.3, 0.4) is 0 Å². The number of fused-ring (bicyclic) bond motifs is 4. The monoisotopic (exact) mass is 622 g/mol. The van der Waals surface area contributed by atoms with Crippen LogP contribution < -0.4 is 16.1 Å². The second-order valence-electron chi connectivity index (χ2n) is 12.4. The highest BCUT2D eigenvalue weighted by Gasteiger charge is 2.40. The number of aromatic nitrogens is 1. The molecule has 2 aromatic rings. The van der Waals surface area contributed by atoms with Gasteiger partial charge >= 0.3 is 5.97 Å². The predicted octanol–water partition coefficient (Wildman–Crippen LogP) is 1.07. The topological polar surface area (TPSA) is 170 Å². The molecule has 45 heavy (non-hydrogen) atoms. The van der Waals surface area contributed by atoms with Crippen molar-refractivity contribution in [2.75, 3.05) is 27.2 Å². The summed E-state index contributed by atoms with van der Waals surface area (Å²) >= 11 is 0. The number of carbonyl (C=O) groups excluding carboxylic acids is 5. The number of aliphatic hydroxyl groups is 1. The zero-order valence-electron chi connectivity index (χ0n) is 26.5. The van der Waals surface area contributed by atoms with Gasteiger partial charge in [-0.2, -0.15) is 0 Å². The van der Waals surface area contributed by atoms with E-state index in [4.69, 9.17) is 9.72 Å². The van der Waals surface area contributed by atoms with Crippen molar-refractivity contribution in [3.05, 3.63) is 47.7 Å². The van der Waals surface area contributed by atoms with Crippen molar-refractivity contribution in [2.24, 2.45) is 11.3 Å². The third kappa shape index (κ3) is 7.48. The maximum Gasteiger partial charge on any atom is 0.325 e. The molecule has 0 radical (unpaired) electrons. The Balaban J connectivity index is 1.78. The van der Waals surface area contributed by atoms with Gasteiger partial charge in [0.2, 0.25) is 11.8 Å². The lowest BCUT2D eigenvalue weighted by atomic mass is 9.88. The lowest BCUT2D eigenvalue weighted by Crippen LogP contribution is -2.64. The van der Waals surface area contributed by atoms with E-state index in [9.17, 15) is 29.1 Å². The molecule has 0 saturated carbocycles. The molecule has 3 heterocycles. The van der Waals surface area contributed by atoms with E-state index in [1.54, 1.807) is 39.0 Å². The minimum Gasteiger partial charge on any atom is -0.455 e. The molecule has 1 aromatic carbocycles. The Morgan fingerprint density at radius 3 is 2.53 bits per heavy atom. The normalized spacial score (nSPS) is 27.5. The molecule has 4 amide bonds. The molecule has 13 nitrogen and oxygen atoms in total. The SMILES string of the molecule is CC(C)[C@@H]1NC(=O)[C@@](C)(CO)/C=C/c2ccc3ccc(nc3c2)[C@@H](C)OC(=O)[C@@H]2CCCN(N2)C(=O)[C@H](C(=O)N(C)C)NC1=O. The highest BCUT2D eigenvalue weighted by atomic mass is 16.5. The van der Waals surface area contributed by atoms with Crippen molar-refractivity contribution in [3.8, 4) is 0 Å². The summed E-state index contributed by atoms with van der Waals surface area (Å²) in [4.78, 5) is 73.1. The zero-order valence-corrected chi connectivity index (χ0v) is 26.5. The number of pyridine rings is 1. The second-order valence-corrected chi connectivity index (χ2v) is 12.4. The molecule has 1 aromatic heterocycles. The summed E-state index contributed by atoms with van der Waals surface area (Å²) < 4.78 is 5.74. The maximum absolute atomic E-state index is 13.7. The number of nitrogens with zero attached hydrogens (tertiary/aromatic N) is 3. The summed E-state index contributed by atoms with van der Waals surface area (Å²) in [5.74, 6) is -3.85. The summed E-state index contributed by atoms with van der Waals surface area (Å²) in [6.07, 6.45) is 3.36. The number of esters is 1. The van der Waals surface area contributed by atoms with Gasteiger partial charge in [-0.15, -0.1) is 0 Å². The molecule has 0 unspecified atom stereocenters. The molecule has 2 aliphatic heterocycles. The average Bonchev–Trinajstić information content (AvgIpc) is 3.02. The lowest BCUT2D eigenvalue weighted by Gasteiger charge is -2.36. The summed E-state index contributed by atoms with van der Waals surface area (Å²) in [5.41, 5.74) is 3.33. The first-order valence-corrected chi connectivity index (χ1v) is 15.1. The van der Waals surface area contributed by atoms with Crippen LogP contribution in [0.1, 0.15) is 57.9 Å². The average molecular weight is 623 g/mol. The number of hydrogen-bond acceptors (Lipinski definition) is 9. The van der Waals surface area contributed by atoms with Gasteiger partial charge in [0.25, 0.3) is 11.8 Å². The van der Waals surface area contributed by atoms with Gasteiger partial charge in [-0.3, -0.25) is 29.0 Å². The summed E-state index contributed by atoms with van der Waals surface area (Å²) in [7, 11) is 2.91. The smallest absolute Gasteiger partial charge is 0.325 e. The van der Waals surface area contributed by atoms with Gasteiger partial charge in [-0.1, -0.05) is 44.2 Å². The van der Waals surface area contributed by atoms with Crippen LogP contribution in [0, 0.1) is 11.3 Å². The van der Waals surface area contributed by atoms with Crippen LogP contribution in [0.25, 0.3) is 17.0 Å². The zero-order chi connectivity index (χ0) is 33.1. The van der Waals surface area contributed by atoms with Crippen LogP contribution in [-0.4, -0.2) is 95.0 Å². The molecule has 1 saturated heterocycles. The Labute approximate surface area is 262 Å². The van der Waals surface area contributed by atoms with Crippen molar-refractivity contribution in [1.29, 1.82) is 0 Å². The minimum absolute atomic E-state index is 0.186. The molecule has 0 spiro atoms. The molecule has 5 atom stereocenters. The number of aliphatic hydroxyl groups excluding tert-OH is 1. The van der Waals surface area contributed by atoms with E-state index in [1.807, 2.05) is 24.3 Å². The van der Waals surface area contributed by atoms with Crippen molar-refractivity contribution in [2.45, 2.75) is 64.8 Å². The van der Waals surface area contributed by atoms with Gasteiger partial charge < -0.3 is 25.4 Å². The Morgan fingerprint density at radius 1 is 1.16 bits per heavy atom. The van der Waals surface area contributed by atoms with Crippen molar-refractivity contribution < 1.29 is 33.8 Å². The first-order chi connectivity index (χ1) is 21.2. The standard InChI is InChI=1S/C32H42N6O7/c1-18(2)25-27(40)34-26(28(41)37(5)6)29(42)38-15-7-8-23(36-38)30(43)45-19(3)22-12-11-21-10-9-20(16-24(21)33-22)13-14-32(4,17-39)31(44)35-25/h9-14,16,18-19,23,25-26,36,39H,7-8,15,17H2,1-6H3,(H,34,40)(H,35,44)/b14-13+/t19-,23+,25+,26+,32-/m1/s1. The van der Waals surface area contributed by atoms with E-state index in [1.165, 1.54) is 25.9 Å².